The Bertz CT molecular complexity index is 1350. The highest BCUT2D eigenvalue weighted by molar-refractivity contribution is 7.99. The lowest BCUT2D eigenvalue weighted by Gasteiger charge is -2.13. The number of nitrogens with zero attached hydrogens (tertiary/aromatic N) is 1. The summed E-state index contributed by atoms with van der Waals surface area (Å²) in [6.45, 7) is 1.64. The number of halogens is 3. The van der Waals surface area contributed by atoms with Gasteiger partial charge in [-0.2, -0.15) is 13.2 Å². The van der Waals surface area contributed by atoms with E-state index >= 15 is 0 Å². The predicted octanol–water partition coefficient (Wildman–Crippen LogP) is 5.93. The Morgan fingerprint density at radius 2 is 1.94 bits per heavy atom. The fourth-order valence-electron chi connectivity index (χ4n) is 3.19. The Morgan fingerprint density at radius 1 is 1.18 bits per heavy atom. The molecule has 0 saturated carbocycles. The molecule has 10 heteroatoms. The number of hydrogen-bond donors (Lipinski definition) is 2. The maximum atomic E-state index is 12.9. The molecule has 0 aliphatic rings. The van der Waals surface area contributed by atoms with Gasteiger partial charge in [-0.25, -0.2) is 4.98 Å². The molecule has 170 valence electrons. The number of aromatic nitrogens is 2. The highest BCUT2D eigenvalue weighted by atomic mass is 32.2. The van der Waals surface area contributed by atoms with Gasteiger partial charge in [-0.15, -0.1) is 23.1 Å². The number of fused-ring (bicyclic) bond motifs is 1. The number of thioether (sulfide) groups is 1. The zero-order chi connectivity index (χ0) is 23.6. The molecule has 0 saturated heterocycles. The molecular formula is C23H18F3N3O2S2. The summed E-state index contributed by atoms with van der Waals surface area (Å²) in [6.07, 6.45) is -4.49. The van der Waals surface area contributed by atoms with Gasteiger partial charge >= 0.3 is 6.18 Å². The minimum absolute atomic E-state index is 0.0715. The van der Waals surface area contributed by atoms with Crippen LogP contribution in [0, 0.1) is 0 Å². The topological polar surface area (TPSA) is 74.8 Å². The van der Waals surface area contributed by atoms with Crippen LogP contribution in [0.2, 0.25) is 0 Å². The van der Waals surface area contributed by atoms with Crippen LogP contribution < -0.4 is 10.9 Å². The lowest BCUT2D eigenvalue weighted by Crippen LogP contribution is -2.23. The summed E-state index contributed by atoms with van der Waals surface area (Å²) < 4.78 is 38.6. The highest BCUT2D eigenvalue weighted by Gasteiger charge is 2.30. The van der Waals surface area contributed by atoms with E-state index in [0.717, 1.165) is 23.3 Å². The number of carbonyl (C=O) groups excluding carboxylic acids is 1. The SMILES string of the molecule is CC(SCc1nc2scc(-c3ccccc3)c2c(=O)[nH]1)C(=O)Nc1cccc(C(F)(F)F)c1. The van der Waals surface area contributed by atoms with Crippen LogP contribution in [0.4, 0.5) is 18.9 Å². The molecule has 0 radical (unpaired) electrons. The largest absolute Gasteiger partial charge is 0.416 e. The van der Waals surface area contributed by atoms with Gasteiger partial charge in [0.15, 0.2) is 0 Å². The molecule has 1 atom stereocenters. The van der Waals surface area contributed by atoms with Crippen molar-refractivity contribution in [3.63, 3.8) is 0 Å². The first kappa shape index (κ1) is 23.1. The molecule has 1 unspecified atom stereocenters. The third-order valence-electron chi connectivity index (χ3n) is 4.87. The highest BCUT2D eigenvalue weighted by Crippen LogP contribution is 2.32. The Labute approximate surface area is 195 Å². The van der Waals surface area contributed by atoms with Gasteiger partial charge in [-0.05, 0) is 30.7 Å². The molecule has 0 aliphatic heterocycles. The second-order valence-electron chi connectivity index (χ2n) is 7.23. The minimum atomic E-state index is -4.49. The van der Waals surface area contributed by atoms with Crippen LogP contribution in [0.15, 0.2) is 64.8 Å². The number of hydrogen-bond acceptors (Lipinski definition) is 5. The number of anilines is 1. The molecule has 2 aromatic heterocycles. The van der Waals surface area contributed by atoms with Crippen molar-refractivity contribution in [2.24, 2.45) is 0 Å². The Morgan fingerprint density at radius 3 is 2.67 bits per heavy atom. The number of benzene rings is 2. The summed E-state index contributed by atoms with van der Waals surface area (Å²) >= 11 is 2.60. The first-order valence-corrected chi connectivity index (χ1v) is 11.8. The van der Waals surface area contributed by atoms with E-state index in [4.69, 9.17) is 0 Å². The molecule has 4 rings (SSSR count). The zero-order valence-corrected chi connectivity index (χ0v) is 18.9. The van der Waals surface area contributed by atoms with E-state index < -0.39 is 22.9 Å². The summed E-state index contributed by atoms with van der Waals surface area (Å²) in [7, 11) is 0. The average Bonchev–Trinajstić information content (AvgIpc) is 3.22. The van der Waals surface area contributed by atoms with Crippen LogP contribution in [0.25, 0.3) is 21.3 Å². The average molecular weight is 490 g/mol. The molecule has 2 heterocycles. The van der Waals surface area contributed by atoms with Gasteiger partial charge < -0.3 is 10.3 Å². The van der Waals surface area contributed by atoms with Gasteiger partial charge in [0, 0.05) is 16.6 Å². The summed E-state index contributed by atoms with van der Waals surface area (Å²) in [4.78, 5) is 33.1. The number of nitrogens with one attached hydrogen (secondary N) is 2. The summed E-state index contributed by atoms with van der Waals surface area (Å²) in [6, 6.07) is 14.0. The first-order valence-electron chi connectivity index (χ1n) is 9.88. The smallest absolute Gasteiger partial charge is 0.325 e. The van der Waals surface area contributed by atoms with E-state index in [1.807, 2.05) is 35.7 Å². The van der Waals surface area contributed by atoms with Crippen molar-refractivity contribution < 1.29 is 18.0 Å². The predicted molar refractivity (Wildman–Crippen MR) is 127 cm³/mol. The van der Waals surface area contributed by atoms with Gasteiger partial charge in [0.1, 0.15) is 10.7 Å². The summed E-state index contributed by atoms with van der Waals surface area (Å²) in [5.41, 5.74) is 0.732. The molecule has 33 heavy (non-hydrogen) atoms. The zero-order valence-electron chi connectivity index (χ0n) is 17.3. The van der Waals surface area contributed by atoms with Gasteiger partial charge in [0.05, 0.1) is 22.0 Å². The third-order valence-corrected chi connectivity index (χ3v) is 6.90. The van der Waals surface area contributed by atoms with Crippen molar-refractivity contribution in [1.29, 1.82) is 0 Å². The molecular weight excluding hydrogens is 471 g/mol. The summed E-state index contributed by atoms with van der Waals surface area (Å²) in [5, 5.41) is 4.34. The monoisotopic (exact) mass is 489 g/mol. The van der Waals surface area contributed by atoms with E-state index in [1.54, 1.807) is 6.92 Å². The van der Waals surface area contributed by atoms with E-state index in [-0.39, 0.29) is 17.0 Å². The van der Waals surface area contributed by atoms with Crippen molar-refractivity contribution in [2.75, 3.05) is 5.32 Å². The summed E-state index contributed by atoms with van der Waals surface area (Å²) in [5.74, 6) is 0.254. The number of rotatable bonds is 6. The normalized spacial score (nSPS) is 12.6. The second kappa shape index (κ2) is 9.40. The van der Waals surface area contributed by atoms with E-state index in [2.05, 4.69) is 15.3 Å². The van der Waals surface area contributed by atoms with Crippen LogP contribution in [-0.2, 0) is 16.7 Å². The van der Waals surface area contributed by atoms with E-state index in [9.17, 15) is 22.8 Å². The first-order chi connectivity index (χ1) is 15.7. The molecule has 0 aliphatic carbocycles. The third kappa shape index (κ3) is 5.28. The van der Waals surface area contributed by atoms with Crippen molar-refractivity contribution in [1.82, 2.24) is 9.97 Å². The second-order valence-corrected chi connectivity index (χ2v) is 9.42. The maximum absolute atomic E-state index is 12.9. The molecule has 5 nitrogen and oxygen atoms in total. The minimum Gasteiger partial charge on any atom is -0.325 e. The fourth-order valence-corrected chi connectivity index (χ4v) is 4.91. The Hall–Kier alpha value is -3.11. The van der Waals surface area contributed by atoms with Crippen LogP contribution in [-0.4, -0.2) is 21.1 Å². The van der Waals surface area contributed by atoms with Crippen molar-refractivity contribution in [3.05, 3.63) is 81.7 Å². The van der Waals surface area contributed by atoms with Crippen LogP contribution in [0.1, 0.15) is 18.3 Å². The molecule has 4 aromatic rings. The Kier molecular flexibility index (Phi) is 6.57. The van der Waals surface area contributed by atoms with Gasteiger partial charge in [-0.3, -0.25) is 9.59 Å². The molecule has 1 amide bonds. The van der Waals surface area contributed by atoms with Crippen molar-refractivity contribution in [3.8, 4) is 11.1 Å². The van der Waals surface area contributed by atoms with Crippen molar-refractivity contribution in [2.45, 2.75) is 24.1 Å². The molecule has 2 aromatic carbocycles. The Balaban J connectivity index is 1.44. The lowest BCUT2D eigenvalue weighted by molar-refractivity contribution is -0.137. The number of alkyl halides is 3. The molecule has 0 fully saturated rings. The molecule has 0 spiro atoms. The number of aromatic amines is 1. The molecule has 2 N–H and O–H groups in total. The van der Waals surface area contributed by atoms with Crippen LogP contribution in [0.5, 0.6) is 0 Å². The van der Waals surface area contributed by atoms with Gasteiger partial charge in [0.25, 0.3) is 5.56 Å². The number of H-pyrrole nitrogens is 1. The quantitative estimate of drug-likeness (QED) is 0.352. The fraction of sp³-hybridized carbons (Fsp3) is 0.174. The van der Waals surface area contributed by atoms with Crippen molar-refractivity contribution >= 4 is 44.9 Å². The number of amides is 1. The standard InChI is InChI=1S/C23H18F3N3O2S2/c1-13(20(30)27-16-9-5-8-15(10-16)23(24,25)26)32-12-18-28-21(31)19-17(11-33-22(19)29-18)14-6-3-2-4-7-14/h2-11,13H,12H2,1H3,(H,27,30)(H,28,29,31). The van der Waals surface area contributed by atoms with E-state index in [0.29, 0.717) is 16.0 Å². The number of carbonyl (C=O) groups is 1. The van der Waals surface area contributed by atoms with Crippen LogP contribution >= 0.6 is 23.1 Å². The number of thiophene rings is 1. The van der Waals surface area contributed by atoms with Crippen LogP contribution in [0.3, 0.4) is 0 Å². The lowest BCUT2D eigenvalue weighted by atomic mass is 10.1. The maximum Gasteiger partial charge on any atom is 0.416 e. The van der Waals surface area contributed by atoms with Gasteiger partial charge in [-0.1, -0.05) is 36.4 Å². The van der Waals surface area contributed by atoms with Gasteiger partial charge in [0.2, 0.25) is 5.91 Å². The van der Waals surface area contributed by atoms with E-state index in [1.165, 1.54) is 35.2 Å². The molecule has 0 bridgehead atoms.